The van der Waals surface area contributed by atoms with Crippen molar-refractivity contribution in [1.29, 1.82) is 0 Å². The summed E-state index contributed by atoms with van der Waals surface area (Å²) in [6.45, 7) is 7.31. The molecule has 26 heavy (non-hydrogen) atoms. The molecular formula is C21H29N3O2. The highest BCUT2D eigenvalue weighted by molar-refractivity contribution is 5.83. The number of nitrogens with zero attached hydrogens (tertiary/aromatic N) is 1. The number of carbonyl (C=O) groups excluding carboxylic acids is 2. The summed E-state index contributed by atoms with van der Waals surface area (Å²) in [4.78, 5) is 28.3. The van der Waals surface area contributed by atoms with Crippen LogP contribution in [0.15, 0.2) is 36.5 Å². The lowest BCUT2D eigenvalue weighted by Gasteiger charge is -2.15. The van der Waals surface area contributed by atoms with Crippen molar-refractivity contribution < 1.29 is 9.59 Å². The van der Waals surface area contributed by atoms with Crippen LogP contribution in [-0.4, -0.2) is 29.9 Å². The highest BCUT2D eigenvalue weighted by Gasteiger charge is 2.10. The number of rotatable bonds is 9. The van der Waals surface area contributed by atoms with Crippen LogP contribution in [0.5, 0.6) is 0 Å². The van der Waals surface area contributed by atoms with E-state index in [2.05, 4.69) is 29.5 Å². The Morgan fingerprint density at radius 3 is 2.50 bits per heavy atom. The quantitative estimate of drug-likeness (QED) is 0.726. The minimum Gasteiger partial charge on any atom is -0.356 e. The monoisotopic (exact) mass is 355 g/mol. The van der Waals surface area contributed by atoms with Crippen molar-refractivity contribution in [2.45, 2.75) is 40.0 Å². The molecule has 2 aromatic rings. The van der Waals surface area contributed by atoms with E-state index in [9.17, 15) is 9.59 Å². The van der Waals surface area contributed by atoms with Gasteiger partial charge in [0.25, 0.3) is 0 Å². The van der Waals surface area contributed by atoms with E-state index in [4.69, 9.17) is 0 Å². The van der Waals surface area contributed by atoms with Gasteiger partial charge in [0.15, 0.2) is 0 Å². The molecule has 1 aromatic heterocycles. The molecule has 2 atom stereocenters. The predicted molar refractivity (Wildman–Crippen MR) is 105 cm³/mol. The maximum absolute atomic E-state index is 12.2. The molecule has 2 rings (SSSR count). The summed E-state index contributed by atoms with van der Waals surface area (Å²) in [5.41, 5.74) is 1.85. The summed E-state index contributed by atoms with van der Waals surface area (Å²) in [6, 6.07) is 9.80. The molecule has 5 nitrogen and oxygen atoms in total. The summed E-state index contributed by atoms with van der Waals surface area (Å²) < 4.78 is 0. The molecular weight excluding hydrogens is 326 g/mol. The van der Waals surface area contributed by atoms with Gasteiger partial charge < -0.3 is 10.6 Å². The highest BCUT2D eigenvalue weighted by atomic mass is 16.2. The fourth-order valence-corrected chi connectivity index (χ4v) is 2.65. The second-order valence-corrected chi connectivity index (χ2v) is 7.14. The zero-order chi connectivity index (χ0) is 18.9. The SMILES string of the molecule is CCC(C)CC(=O)NCC(C)CNC(=O)Cc1ccc2cccnc2c1. The number of aromatic nitrogens is 1. The summed E-state index contributed by atoms with van der Waals surface area (Å²) in [5.74, 6) is 0.666. The van der Waals surface area contributed by atoms with Gasteiger partial charge in [0, 0.05) is 31.1 Å². The van der Waals surface area contributed by atoms with Crippen molar-refractivity contribution >= 4 is 22.7 Å². The average Bonchev–Trinajstić information content (AvgIpc) is 2.64. The minimum atomic E-state index is -0.0157. The third kappa shape index (κ3) is 6.47. The number of hydrogen-bond acceptors (Lipinski definition) is 3. The van der Waals surface area contributed by atoms with Crippen molar-refractivity contribution in [1.82, 2.24) is 15.6 Å². The molecule has 0 saturated carbocycles. The number of fused-ring (bicyclic) bond motifs is 1. The number of amides is 2. The lowest BCUT2D eigenvalue weighted by atomic mass is 10.0. The van der Waals surface area contributed by atoms with E-state index in [0.29, 0.717) is 31.8 Å². The Kier molecular flexibility index (Phi) is 7.57. The smallest absolute Gasteiger partial charge is 0.224 e. The molecule has 0 fully saturated rings. The Bertz CT molecular complexity index is 745. The Morgan fingerprint density at radius 1 is 1.04 bits per heavy atom. The van der Waals surface area contributed by atoms with E-state index < -0.39 is 0 Å². The fourth-order valence-electron chi connectivity index (χ4n) is 2.65. The van der Waals surface area contributed by atoms with Crippen LogP contribution in [0, 0.1) is 11.8 Å². The number of carbonyl (C=O) groups is 2. The normalized spacial score (nSPS) is 13.2. The zero-order valence-electron chi connectivity index (χ0n) is 15.9. The molecule has 140 valence electrons. The van der Waals surface area contributed by atoms with Gasteiger partial charge in [-0.15, -0.1) is 0 Å². The molecule has 2 amide bonds. The van der Waals surface area contributed by atoms with Gasteiger partial charge in [0.05, 0.1) is 11.9 Å². The third-order valence-corrected chi connectivity index (χ3v) is 4.56. The molecule has 5 heteroatoms. The number of benzene rings is 1. The summed E-state index contributed by atoms with van der Waals surface area (Å²) in [5, 5.41) is 6.95. The molecule has 2 N–H and O–H groups in total. The standard InChI is InChI=1S/C21H29N3O2/c1-4-15(2)10-20(25)23-13-16(3)14-24-21(26)12-17-7-8-18-6-5-9-22-19(18)11-17/h5-9,11,15-16H,4,10,12-14H2,1-3H3,(H,23,25)(H,24,26). The summed E-state index contributed by atoms with van der Waals surface area (Å²) >= 11 is 0. The van der Waals surface area contributed by atoms with Crippen molar-refractivity contribution in [3.05, 3.63) is 42.1 Å². The van der Waals surface area contributed by atoms with Crippen molar-refractivity contribution in [2.24, 2.45) is 11.8 Å². The van der Waals surface area contributed by atoms with Crippen LogP contribution in [0.1, 0.15) is 39.2 Å². The molecule has 0 aliphatic rings. The van der Waals surface area contributed by atoms with Crippen LogP contribution in [0.4, 0.5) is 0 Å². The average molecular weight is 355 g/mol. The Balaban J connectivity index is 1.72. The maximum atomic E-state index is 12.2. The predicted octanol–water partition coefficient (Wildman–Crippen LogP) is 3.08. The van der Waals surface area contributed by atoms with Crippen LogP contribution in [-0.2, 0) is 16.0 Å². The lowest BCUT2D eigenvalue weighted by Crippen LogP contribution is -2.36. The molecule has 0 spiro atoms. The van der Waals surface area contributed by atoms with E-state index >= 15 is 0 Å². The first-order valence-electron chi connectivity index (χ1n) is 9.35. The van der Waals surface area contributed by atoms with Gasteiger partial charge in [-0.3, -0.25) is 14.6 Å². The van der Waals surface area contributed by atoms with Crippen LogP contribution >= 0.6 is 0 Å². The molecule has 0 aliphatic carbocycles. The second kappa shape index (κ2) is 9.90. The van der Waals surface area contributed by atoms with Gasteiger partial charge >= 0.3 is 0 Å². The number of hydrogen-bond donors (Lipinski definition) is 2. The van der Waals surface area contributed by atoms with Gasteiger partial charge in [-0.1, -0.05) is 45.4 Å². The van der Waals surface area contributed by atoms with E-state index in [0.717, 1.165) is 22.9 Å². The van der Waals surface area contributed by atoms with E-state index in [1.165, 1.54) is 0 Å². The summed E-state index contributed by atoms with van der Waals surface area (Å²) in [6.07, 6.45) is 3.65. The molecule has 0 saturated heterocycles. The van der Waals surface area contributed by atoms with Crippen LogP contribution in [0.3, 0.4) is 0 Å². The number of nitrogens with one attached hydrogen (secondary N) is 2. The van der Waals surface area contributed by atoms with Gasteiger partial charge in [0.1, 0.15) is 0 Å². The number of pyridine rings is 1. The zero-order valence-corrected chi connectivity index (χ0v) is 15.9. The molecule has 0 radical (unpaired) electrons. The topological polar surface area (TPSA) is 71.1 Å². The van der Waals surface area contributed by atoms with Crippen LogP contribution in [0.2, 0.25) is 0 Å². The molecule has 0 bridgehead atoms. The highest BCUT2D eigenvalue weighted by Crippen LogP contribution is 2.13. The van der Waals surface area contributed by atoms with Crippen molar-refractivity contribution in [3.8, 4) is 0 Å². The summed E-state index contributed by atoms with van der Waals surface area (Å²) in [7, 11) is 0. The molecule has 2 unspecified atom stereocenters. The van der Waals surface area contributed by atoms with Gasteiger partial charge in [-0.05, 0) is 29.5 Å². The first-order valence-corrected chi connectivity index (χ1v) is 9.35. The first kappa shape index (κ1) is 19.9. The van der Waals surface area contributed by atoms with Crippen LogP contribution in [0.25, 0.3) is 10.9 Å². The van der Waals surface area contributed by atoms with Gasteiger partial charge in [-0.25, -0.2) is 0 Å². The Hall–Kier alpha value is -2.43. The van der Waals surface area contributed by atoms with E-state index in [-0.39, 0.29) is 17.7 Å². The minimum absolute atomic E-state index is 0.0157. The molecule has 1 aromatic carbocycles. The Morgan fingerprint density at radius 2 is 1.77 bits per heavy atom. The largest absolute Gasteiger partial charge is 0.356 e. The van der Waals surface area contributed by atoms with Crippen molar-refractivity contribution in [3.63, 3.8) is 0 Å². The lowest BCUT2D eigenvalue weighted by molar-refractivity contribution is -0.122. The maximum Gasteiger partial charge on any atom is 0.224 e. The Labute approximate surface area is 155 Å². The van der Waals surface area contributed by atoms with Crippen molar-refractivity contribution in [2.75, 3.05) is 13.1 Å². The van der Waals surface area contributed by atoms with Gasteiger partial charge in [0.2, 0.25) is 11.8 Å². The molecule has 0 aliphatic heterocycles. The van der Waals surface area contributed by atoms with E-state index in [1.807, 2.05) is 37.3 Å². The molecule has 1 heterocycles. The van der Waals surface area contributed by atoms with Crippen LogP contribution < -0.4 is 10.6 Å². The fraction of sp³-hybridized carbons (Fsp3) is 0.476. The first-order chi connectivity index (χ1) is 12.5. The second-order valence-electron chi connectivity index (χ2n) is 7.14. The van der Waals surface area contributed by atoms with E-state index in [1.54, 1.807) is 6.20 Å². The van der Waals surface area contributed by atoms with Gasteiger partial charge in [-0.2, -0.15) is 0 Å². The third-order valence-electron chi connectivity index (χ3n) is 4.56.